The van der Waals surface area contributed by atoms with Gasteiger partial charge in [-0.25, -0.2) is 0 Å². The van der Waals surface area contributed by atoms with Gasteiger partial charge in [-0.3, -0.25) is 4.79 Å². The van der Waals surface area contributed by atoms with Crippen molar-refractivity contribution in [3.05, 3.63) is 102 Å². The number of carbonyl (C=O) groups excluding carboxylic acids is 1. The first-order valence-electron chi connectivity index (χ1n) is 11.6. The first-order valence-corrected chi connectivity index (χ1v) is 11.6. The molecule has 0 amide bonds. The molecule has 6 rings (SSSR count). The predicted molar refractivity (Wildman–Crippen MR) is 143 cm³/mol. The smallest absolute Gasteiger partial charge is 0.155 e. The van der Waals surface area contributed by atoms with Gasteiger partial charge in [0.15, 0.2) is 5.78 Å². The van der Waals surface area contributed by atoms with Crippen LogP contribution in [0.5, 0.6) is 0 Å². The van der Waals surface area contributed by atoms with Gasteiger partial charge in [0.05, 0.1) is 11.3 Å². The number of fused-ring (bicyclic) bond motifs is 4. The van der Waals surface area contributed by atoms with Crippen LogP contribution in [0.2, 0.25) is 0 Å². The molecule has 0 spiro atoms. The Balaban J connectivity index is 0.000000356. The number of nitrogens with zero attached hydrogens (tertiary/aromatic N) is 1. The minimum absolute atomic E-state index is 0. The van der Waals surface area contributed by atoms with Gasteiger partial charge >= 0.3 is 0 Å². The van der Waals surface area contributed by atoms with E-state index in [1.165, 1.54) is 25.5 Å². The number of allylic oxidation sites excluding steroid dienone is 2. The Bertz CT molecular complexity index is 1740. The van der Waals surface area contributed by atoms with Gasteiger partial charge < -0.3 is 18.9 Å². The monoisotopic (exact) mass is 667 g/mol. The van der Waals surface area contributed by atoms with Gasteiger partial charge in [-0.05, 0) is 44.7 Å². The number of aromatic nitrogens is 1. The number of aliphatic hydroxyl groups excluding tert-OH is 1. The van der Waals surface area contributed by atoms with Crippen LogP contribution in [0.1, 0.15) is 19.4 Å². The molecule has 1 radical (unpaired) electrons. The van der Waals surface area contributed by atoms with Gasteiger partial charge in [0.1, 0.15) is 16.9 Å². The van der Waals surface area contributed by atoms with Gasteiger partial charge in [0.2, 0.25) is 0 Å². The molecule has 0 atom stereocenters. The maximum absolute atomic E-state index is 10.0. The summed E-state index contributed by atoms with van der Waals surface area (Å²) in [7, 11) is 0. The van der Waals surface area contributed by atoms with Crippen LogP contribution < -0.4 is 0 Å². The molecule has 187 valence electrons. The topological polar surface area (TPSA) is 76.5 Å². The van der Waals surface area contributed by atoms with Crippen molar-refractivity contribution in [2.24, 2.45) is 0 Å². The molecule has 37 heavy (non-hydrogen) atoms. The van der Waals surface area contributed by atoms with Crippen LogP contribution in [0.25, 0.3) is 55.5 Å². The van der Waals surface area contributed by atoms with Crippen molar-refractivity contribution in [1.29, 1.82) is 0 Å². The van der Waals surface area contributed by atoms with E-state index < -0.39 is 0 Å². The summed E-state index contributed by atoms with van der Waals surface area (Å²) in [5.74, 6) is 0.775. The van der Waals surface area contributed by atoms with Gasteiger partial charge in [0, 0.05) is 48.7 Å². The zero-order chi connectivity index (χ0) is 25.2. The third-order valence-electron chi connectivity index (χ3n) is 5.74. The summed E-state index contributed by atoms with van der Waals surface area (Å²) in [6.45, 7) is 4.93. The van der Waals surface area contributed by atoms with Crippen LogP contribution in [-0.4, -0.2) is 15.9 Å². The molecule has 0 aliphatic carbocycles. The van der Waals surface area contributed by atoms with Crippen molar-refractivity contribution >= 4 is 38.7 Å². The summed E-state index contributed by atoms with van der Waals surface area (Å²) in [6, 6.07) is 27.6. The molecule has 3 aromatic heterocycles. The van der Waals surface area contributed by atoms with E-state index in [2.05, 4.69) is 48.3 Å². The fourth-order valence-electron chi connectivity index (χ4n) is 4.11. The summed E-state index contributed by atoms with van der Waals surface area (Å²) in [4.78, 5) is 14.7. The normalized spacial score (nSPS) is 11.3. The fourth-order valence-corrected chi connectivity index (χ4v) is 4.11. The van der Waals surface area contributed by atoms with E-state index in [9.17, 15) is 4.79 Å². The summed E-state index contributed by atoms with van der Waals surface area (Å²) in [5.41, 5.74) is 6.37. The number of aliphatic hydroxyl groups is 1. The van der Waals surface area contributed by atoms with E-state index in [-0.39, 0.29) is 31.6 Å². The number of aryl methyl sites for hydroxylation is 1. The van der Waals surface area contributed by atoms with Crippen LogP contribution >= 0.6 is 0 Å². The molecule has 3 aromatic carbocycles. The number of carbonyl (C=O) groups is 1. The average Bonchev–Trinajstić information content (AvgIpc) is 3.45. The molecule has 0 saturated heterocycles. The Morgan fingerprint density at radius 2 is 1.70 bits per heavy atom. The standard InChI is InChI=1S/C26H16NO2.C5H8O2.Ir/c1-16-9-11-17(12-10-16)24-13-18-15-27-22(14-25(18)28-24)21-7-4-6-20-19-5-2-3-8-23(19)29-26(20)21;1-4(6)3-5(2)7;/h2-6,8-15H,1H3;3,6H,1-2H3;/q-1;;/b;4-3-;. The zero-order valence-corrected chi connectivity index (χ0v) is 22.9. The van der Waals surface area contributed by atoms with E-state index in [0.29, 0.717) is 0 Å². The van der Waals surface area contributed by atoms with Crippen molar-refractivity contribution in [2.45, 2.75) is 20.8 Å². The zero-order valence-electron chi connectivity index (χ0n) is 20.5. The van der Waals surface area contributed by atoms with Crippen molar-refractivity contribution in [3.8, 4) is 22.6 Å². The third-order valence-corrected chi connectivity index (χ3v) is 5.74. The first-order chi connectivity index (χ1) is 17.4. The third kappa shape index (κ3) is 5.56. The molecular weight excluding hydrogens is 643 g/mol. The second-order valence-corrected chi connectivity index (χ2v) is 8.67. The maximum atomic E-state index is 10.0. The summed E-state index contributed by atoms with van der Waals surface area (Å²) in [6.07, 6.45) is 3.02. The van der Waals surface area contributed by atoms with Crippen LogP contribution in [0.4, 0.5) is 0 Å². The van der Waals surface area contributed by atoms with Gasteiger partial charge in [0.25, 0.3) is 0 Å². The summed E-state index contributed by atoms with van der Waals surface area (Å²) >= 11 is 0. The molecule has 0 bridgehead atoms. The molecule has 0 unspecified atom stereocenters. The Kier molecular flexibility index (Phi) is 7.72. The van der Waals surface area contributed by atoms with Crippen molar-refractivity contribution in [2.75, 3.05) is 0 Å². The first kappa shape index (κ1) is 26.1. The number of hydrogen-bond acceptors (Lipinski definition) is 5. The van der Waals surface area contributed by atoms with Crippen LogP contribution in [-0.2, 0) is 24.9 Å². The quantitative estimate of drug-likeness (QED) is 0.117. The van der Waals surface area contributed by atoms with Crippen LogP contribution in [0.3, 0.4) is 0 Å². The molecule has 0 aliphatic heterocycles. The fraction of sp³-hybridized carbons (Fsp3) is 0.0968. The number of pyridine rings is 1. The van der Waals surface area contributed by atoms with Crippen LogP contribution in [0, 0.1) is 13.0 Å². The number of hydrogen-bond donors (Lipinski definition) is 1. The second kappa shape index (κ2) is 11.0. The van der Waals surface area contributed by atoms with Gasteiger partial charge in [-0.2, -0.15) is 0 Å². The Hall–Kier alpha value is -3.99. The van der Waals surface area contributed by atoms with Crippen LogP contribution in [0.15, 0.2) is 99.7 Å². The molecule has 0 aliphatic rings. The van der Waals surface area contributed by atoms with Gasteiger partial charge in [-0.15, -0.1) is 18.2 Å². The van der Waals surface area contributed by atoms with E-state index in [1.807, 2.05) is 48.7 Å². The van der Waals surface area contributed by atoms with Gasteiger partial charge in [-0.1, -0.05) is 59.0 Å². The molecule has 6 aromatic rings. The number of rotatable bonds is 3. The number of para-hydroxylation sites is 1. The molecule has 0 fully saturated rings. The Labute approximate surface area is 227 Å². The molecular formula is C31H24IrNO4-. The van der Waals surface area contributed by atoms with Crippen molar-refractivity contribution in [1.82, 2.24) is 4.98 Å². The second-order valence-electron chi connectivity index (χ2n) is 8.67. The van der Waals surface area contributed by atoms with E-state index in [0.717, 1.165) is 55.5 Å². The van der Waals surface area contributed by atoms with Crippen molar-refractivity contribution in [3.63, 3.8) is 0 Å². The molecule has 0 saturated carbocycles. The SMILES string of the molecule is CC(=O)/C=C(/C)O.Cc1ccc(-c2cc3cnc(-c4[c-]ccc5c4oc4ccccc45)cc3o2)cc1.[Ir]. The Morgan fingerprint density at radius 3 is 2.41 bits per heavy atom. The predicted octanol–water partition coefficient (Wildman–Crippen LogP) is 8.20. The van der Waals surface area contributed by atoms with E-state index in [4.69, 9.17) is 13.9 Å². The largest absolute Gasteiger partial charge is 0.512 e. The average molecular weight is 667 g/mol. The molecule has 6 heteroatoms. The maximum Gasteiger partial charge on any atom is 0.155 e. The number of furan rings is 2. The Morgan fingerprint density at radius 1 is 0.946 bits per heavy atom. The minimum atomic E-state index is -0.125. The minimum Gasteiger partial charge on any atom is -0.512 e. The number of ketones is 1. The molecule has 3 heterocycles. The molecule has 1 N–H and O–H groups in total. The van der Waals surface area contributed by atoms with E-state index in [1.54, 1.807) is 0 Å². The summed E-state index contributed by atoms with van der Waals surface area (Å²) < 4.78 is 12.3. The number of benzene rings is 3. The van der Waals surface area contributed by atoms with Crippen molar-refractivity contribution < 1.29 is 38.8 Å². The van der Waals surface area contributed by atoms with E-state index >= 15 is 0 Å². The molecule has 5 nitrogen and oxygen atoms in total. The summed E-state index contributed by atoms with van der Waals surface area (Å²) in [5, 5.41) is 11.5.